The monoisotopic (exact) mass is 313 g/mol. The van der Waals surface area contributed by atoms with Crippen molar-refractivity contribution in [2.24, 2.45) is 0 Å². The second-order valence-corrected chi connectivity index (χ2v) is 4.51. The number of benzene rings is 1. The summed E-state index contributed by atoms with van der Waals surface area (Å²) >= 11 is 9.18. The summed E-state index contributed by atoms with van der Waals surface area (Å²) < 4.78 is 6.47. The third kappa shape index (κ3) is 3.31. The van der Waals surface area contributed by atoms with Crippen LogP contribution in [0.5, 0.6) is 5.88 Å². The molecule has 0 spiro atoms. The van der Waals surface area contributed by atoms with Gasteiger partial charge in [0.1, 0.15) is 11.8 Å². The molecule has 88 valence electrons. The van der Waals surface area contributed by atoms with Crippen LogP contribution in [0.1, 0.15) is 5.56 Å². The van der Waals surface area contributed by atoms with Gasteiger partial charge in [-0.05, 0) is 6.07 Å². The van der Waals surface area contributed by atoms with Gasteiger partial charge < -0.3 is 10.5 Å². The predicted molar refractivity (Wildman–Crippen MR) is 69.9 cm³/mol. The highest BCUT2D eigenvalue weighted by atomic mass is 79.9. The highest BCUT2D eigenvalue weighted by molar-refractivity contribution is 9.10. The first-order valence-corrected chi connectivity index (χ1v) is 5.98. The van der Waals surface area contributed by atoms with Crippen LogP contribution in [0.4, 0.5) is 5.95 Å². The van der Waals surface area contributed by atoms with Gasteiger partial charge in [0.15, 0.2) is 0 Å². The Morgan fingerprint density at radius 2 is 2.06 bits per heavy atom. The topological polar surface area (TPSA) is 61.0 Å². The molecule has 2 aromatic rings. The van der Waals surface area contributed by atoms with E-state index in [0.29, 0.717) is 12.5 Å². The van der Waals surface area contributed by atoms with Crippen LogP contribution in [0.25, 0.3) is 0 Å². The second-order valence-electron chi connectivity index (χ2n) is 3.27. The summed E-state index contributed by atoms with van der Waals surface area (Å²) in [5, 5.41) is 0.264. The van der Waals surface area contributed by atoms with Crippen LogP contribution in [-0.4, -0.2) is 9.97 Å². The van der Waals surface area contributed by atoms with Crippen LogP contribution < -0.4 is 10.5 Å². The van der Waals surface area contributed by atoms with Gasteiger partial charge >= 0.3 is 0 Å². The lowest BCUT2D eigenvalue weighted by Crippen LogP contribution is -2.01. The van der Waals surface area contributed by atoms with E-state index in [1.807, 2.05) is 24.3 Å². The standard InChI is InChI=1S/C11H9BrClN3O/c12-8-4-2-1-3-7(8)6-17-10-5-9(13)15-11(14)16-10/h1-5H,6H2,(H2,14,15,16). The summed E-state index contributed by atoms with van der Waals surface area (Å²) in [6, 6.07) is 9.29. The lowest BCUT2D eigenvalue weighted by atomic mass is 10.2. The number of nitrogen functional groups attached to an aromatic ring is 1. The Balaban J connectivity index is 2.10. The highest BCUT2D eigenvalue weighted by Crippen LogP contribution is 2.19. The molecular formula is C11H9BrClN3O. The summed E-state index contributed by atoms with van der Waals surface area (Å²) in [6.07, 6.45) is 0. The molecule has 0 unspecified atom stereocenters. The number of anilines is 1. The third-order valence-corrected chi connectivity index (χ3v) is 2.99. The number of rotatable bonds is 3. The molecule has 2 N–H and O–H groups in total. The van der Waals surface area contributed by atoms with E-state index in [4.69, 9.17) is 22.1 Å². The van der Waals surface area contributed by atoms with E-state index in [0.717, 1.165) is 10.0 Å². The summed E-state index contributed by atoms with van der Waals surface area (Å²) in [7, 11) is 0. The number of hydrogen-bond donors (Lipinski definition) is 1. The van der Waals surface area contributed by atoms with Gasteiger partial charge in [-0.1, -0.05) is 45.7 Å². The van der Waals surface area contributed by atoms with Gasteiger partial charge in [0.2, 0.25) is 11.8 Å². The molecule has 0 atom stereocenters. The maximum Gasteiger partial charge on any atom is 0.224 e. The molecule has 1 aromatic heterocycles. The Morgan fingerprint density at radius 3 is 2.76 bits per heavy atom. The molecule has 1 heterocycles. The van der Waals surface area contributed by atoms with Crippen molar-refractivity contribution in [3.05, 3.63) is 45.5 Å². The molecule has 4 nitrogen and oxygen atoms in total. The van der Waals surface area contributed by atoms with Crippen LogP contribution in [0, 0.1) is 0 Å². The third-order valence-electron chi connectivity index (χ3n) is 2.02. The smallest absolute Gasteiger partial charge is 0.224 e. The minimum atomic E-state index is 0.0969. The fourth-order valence-electron chi connectivity index (χ4n) is 1.25. The Bertz CT molecular complexity index is 516. The minimum absolute atomic E-state index is 0.0969. The van der Waals surface area contributed by atoms with Gasteiger partial charge in [-0.15, -0.1) is 0 Å². The van der Waals surface area contributed by atoms with Crippen molar-refractivity contribution in [3.63, 3.8) is 0 Å². The number of aromatic nitrogens is 2. The fourth-order valence-corrected chi connectivity index (χ4v) is 1.83. The highest BCUT2D eigenvalue weighted by Gasteiger charge is 2.03. The van der Waals surface area contributed by atoms with Gasteiger partial charge in [0.05, 0.1) is 0 Å². The lowest BCUT2D eigenvalue weighted by molar-refractivity contribution is 0.293. The number of nitrogens with zero attached hydrogens (tertiary/aromatic N) is 2. The van der Waals surface area contributed by atoms with Gasteiger partial charge in [0, 0.05) is 16.1 Å². The quantitative estimate of drug-likeness (QED) is 0.885. The Kier molecular flexibility index (Phi) is 3.81. The molecule has 1 aromatic carbocycles. The van der Waals surface area contributed by atoms with Crippen LogP contribution in [-0.2, 0) is 6.61 Å². The Hall–Kier alpha value is -1.33. The van der Waals surface area contributed by atoms with Gasteiger partial charge in [-0.25, -0.2) is 4.98 Å². The Morgan fingerprint density at radius 1 is 1.29 bits per heavy atom. The zero-order valence-corrected chi connectivity index (χ0v) is 11.1. The molecule has 0 aliphatic carbocycles. The molecule has 0 bridgehead atoms. The molecule has 0 aliphatic rings. The Labute approximate surface area is 112 Å². The van der Waals surface area contributed by atoms with E-state index in [9.17, 15) is 0 Å². The maximum absolute atomic E-state index is 5.74. The van der Waals surface area contributed by atoms with Crippen molar-refractivity contribution in [2.45, 2.75) is 6.61 Å². The molecule has 0 aliphatic heterocycles. The van der Waals surface area contributed by atoms with Crippen molar-refractivity contribution >= 4 is 33.5 Å². The van der Waals surface area contributed by atoms with Gasteiger partial charge in [0.25, 0.3) is 0 Å². The molecule has 6 heteroatoms. The summed E-state index contributed by atoms with van der Waals surface area (Å²) in [5.74, 6) is 0.456. The van der Waals surface area contributed by atoms with Crippen LogP contribution in [0.2, 0.25) is 5.15 Å². The lowest BCUT2D eigenvalue weighted by Gasteiger charge is -2.07. The van der Waals surface area contributed by atoms with E-state index in [2.05, 4.69) is 25.9 Å². The molecule has 17 heavy (non-hydrogen) atoms. The zero-order valence-electron chi connectivity index (χ0n) is 8.73. The van der Waals surface area contributed by atoms with Crippen molar-refractivity contribution in [1.29, 1.82) is 0 Å². The van der Waals surface area contributed by atoms with Crippen molar-refractivity contribution < 1.29 is 4.74 Å². The summed E-state index contributed by atoms with van der Waals surface area (Å²) in [5.41, 5.74) is 6.48. The maximum atomic E-state index is 5.74. The number of nitrogens with two attached hydrogens (primary N) is 1. The van der Waals surface area contributed by atoms with Gasteiger partial charge in [-0.3, -0.25) is 0 Å². The summed E-state index contributed by atoms with van der Waals surface area (Å²) in [4.78, 5) is 7.67. The average Bonchev–Trinajstić information content (AvgIpc) is 2.27. The molecule has 0 radical (unpaired) electrons. The number of halogens is 2. The van der Waals surface area contributed by atoms with E-state index in [1.54, 1.807) is 0 Å². The first kappa shape index (κ1) is 12.1. The predicted octanol–water partition coefficient (Wildman–Crippen LogP) is 3.05. The van der Waals surface area contributed by atoms with Crippen molar-refractivity contribution in [2.75, 3.05) is 5.73 Å². The average molecular weight is 315 g/mol. The minimum Gasteiger partial charge on any atom is -0.473 e. The first-order valence-electron chi connectivity index (χ1n) is 4.81. The zero-order chi connectivity index (χ0) is 12.3. The van der Waals surface area contributed by atoms with Crippen molar-refractivity contribution in [1.82, 2.24) is 9.97 Å². The number of ether oxygens (including phenoxy) is 1. The first-order chi connectivity index (χ1) is 8.15. The number of hydrogen-bond acceptors (Lipinski definition) is 4. The van der Waals surface area contributed by atoms with Crippen LogP contribution in [0.3, 0.4) is 0 Å². The SMILES string of the molecule is Nc1nc(Cl)cc(OCc2ccccc2Br)n1. The van der Waals surface area contributed by atoms with E-state index in [1.165, 1.54) is 6.07 Å². The van der Waals surface area contributed by atoms with Crippen LogP contribution in [0.15, 0.2) is 34.8 Å². The molecule has 2 rings (SSSR count). The van der Waals surface area contributed by atoms with E-state index >= 15 is 0 Å². The van der Waals surface area contributed by atoms with E-state index < -0.39 is 0 Å². The molecular weight excluding hydrogens is 305 g/mol. The van der Waals surface area contributed by atoms with Gasteiger partial charge in [-0.2, -0.15) is 4.98 Å². The van der Waals surface area contributed by atoms with Crippen molar-refractivity contribution in [3.8, 4) is 5.88 Å². The second kappa shape index (κ2) is 5.33. The molecule has 0 fully saturated rings. The summed E-state index contributed by atoms with van der Waals surface area (Å²) in [6.45, 7) is 0.383. The fraction of sp³-hybridized carbons (Fsp3) is 0.0909. The molecule has 0 saturated heterocycles. The van der Waals surface area contributed by atoms with Crippen LogP contribution >= 0.6 is 27.5 Å². The molecule has 0 amide bonds. The molecule has 0 saturated carbocycles. The normalized spacial score (nSPS) is 10.2. The van der Waals surface area contributed by atoms with E-state index in [-0.39, 0.29) is 11.1 Å². The largest absolute Gasteiger partial charge is 0.473 e.